The molecular weight excluding hydrogens is 417 g/mol. The molecular formula is C22H17Cl3NO2+. The lowest BCUT2D eigenvalue weighted by atomic mass is 9.79. The van der Waals surface area contributed by atoms with Gasteiger partial charge in [-0.05, 0) is 42.8 Å². The van der Waals surface area contributed by atoms with Gasteiger partial charge in [0.25, 0.3) is 5.71 Å². The molecule has 3 aromatic carbocycles. The fraction of sp³-hybridized carbons (Fsp3) is 0.182. The maximum atomic E-state index is 13.2. The highest BCUT2D eigenvalue weighted by Crippen LogP contribution is 2.44. The van der Waals surface area contributed by atoms with Crippen LogP contribution in [0.25, 0.3) is 10.8 Å². The SMILES string of the molecule is C[N+]1=C(C(=O)Oc2c(Cl)cc(Cl)cc2Cl)C(C)(C)c2c1ccc1ccccc21. The van der Waals surface area contributed by atoms with Gasteiger partial charge in [-0.2, -0.15) is 4.58 Å². The molecule has 3 nitrogen and oxygen atoms in total. The zero-order valence-electron chi connectivity index (χ0n) is 15.5. The average Bonchev–Trinajstić information content (AvgIpc) is 2.84. The maximum Gasteiger partial charge on any atom is 0.405 e. The molecule has 0 aliphatic carbocycles. The number of hydrogen-bond donors (Lipinski definition) is 0. The molecule has 0 fully saturated rings. The topological polar surface area (TPSA) is 29.3 Å². The number of benzene rings is 3. The largest absolute Gasteiger partial charge is 0.416 e. The van der Waals surface area contributed by atoms with E-state index in [0.717, 1.165) is 22.0 Å². The number of hydrogen-bond acceptors (Lipinski definition) is 2. The highest BCUT2D eigenvalue weighted by atomic mass is 35.5. The van der Waals surface area contributed by atoms with Gasteiger partial charge < -0.3 is 4.74 Å². The zero-order valence-corrected chi connectivity index (χ0v) is 17.8. The van der Waals surface area contributed by atoms with Gasteiger partial charge in [-0.15, -0.1) is 0 Å². The van der Waals surface area contributed by atoms with Crippen molar-refractivity contribution in [2.75, 3.05) is 7.05 Å². The van der Waals surface area contributed by atoms with Gasteiger partial charge in [-0.1, -0.05) is 59.1 Å². The van der Waals surface area contributed by atoms with Gasteiger partial charge >= 0.3 is 5.97 Å². The third-order valence-electron chi connectivity index (χ3n) is 5.17. The summed E-state index contributed by atoms with van der Waals surface area (Å²) in [5.41, 5.74) is 2.02. The molecule has 1 heterocycles. The van der Waals surface area contributed by atoms with Crippen molar-refractivity contribution in [3.05, 3.63) is 69.2 Å². The standard InChI is InChI=1S/C22H17Cl3NO2/c1-22(2)18-14-7-5-4-6-12(14)8-9-17(18)26(3)20(22)21(27)28-19-15(24)10-13(23)11-16(19)25/h4-11H,1-3H3/q+1. The molecule has 6 heteroatoms. The molecule has 0 bridgehead atoms. The number of rotatable bonds is 2. The lowest BCUT2D eigenvalue weighted by Crippen LogP contribution is -2.38. The molecule has 1 aliphatic rings. The highest BCUT2D eigenvalue weighted by Gasteiger charge is 2.50. The second-order valence-corrected chi connectivity index (χ2v) is 8.55. The highest BCUT2D eigenvalue weighted by molar-refractivity contribution is 6.43. The number of fused-ring (bicyclic) bond motifs is 3. The summed E-state index contributed by atoms with van der Waals surface area (Å²) >= 11 is 18.3. The molecule has 0 N–H and O–H groups in total. The van der Waals surface area contributed by atoms with E-state index in [-0.39, 0.29) is 15.8 Å². The Bertz CT molecular complexity index is 1160. The van der Waals surface area contributed by atoms with E-state index in [1.165, 1.54) is 12.1 Å². The van der Waals surface area contributed by atoms with Crippen molar-refractivity contribution < 1.29 is 14.1 Å². The average molecular weight is 434 g/mol. The molecule has 0 amide bonds. The van der Waals surface area contributed by atoms with Crippen molar-refractivity contribution in [2.24, 2.45) is 0 Å². The number of carbonyl (C=O) groups excluding carboxylic acids is 1. The van der Waals surface area contributed by atoms with Gasteiger partial charge in [-0.25, -0.2) is 4.79 Å². The van der Waals surface area contributed by atoms with E-state index in [9.17, 15) is 4.79 Å². The summed E-state index contributed by atoms with van der Waals surface area (Å²) in [5.74, 6) is -0.394. The zero-order chi connectivity index (χ0) is 20.2. The minimum atomic E-state index is -0.562. The van der Waals surface area contributed by atoms with E-state index >= 15 is 0 Å². The van der Waals surface area contributed by atoms with Crippen LogP contribution in [0.15, 0.2) is 48.5 Å². The Kier molecular flexibility index (Phi) is 4.65. The van der Waals surface area contributed by atoms with Gasteiger partial charge in [0.05, 0.1) is 15.5 Å². The predicted molar refractivity (Wildman–Crippen MR) is 115 cm³/mol. The Morgan fingerprint density at radius 3 is 2.32 bits per heavy atom. The smallest absolute Gasteiger partial charge is 0.405 e. The number of nitrogens with zero attached hydrogens (tertiary/aromatic N) is 1. The molecule has 3 aromatic rings. The van der Waals surface area contributed by atoms with Gasteiger partial charge in [0.2, 0.25) is 5.69 Å². The first-order valence-electron chi connectivity index (χ1n) is 8.72. The second kappa shape index (κ2) is 6.77. The van der Waals surface area contributed by atoms with E-state index in [0.29, 0.717) is 10.7 Å². The Labute approximate surface area is 178 Å². The molecule has 0 saturated carbocycles. The molecule has 4 rings (SSSR count). The van der Waals surface area contributed by atoms with Crippen molar-refractivity contribution in [2.45, 2.75) is 19.3 Å². The van der Waals surface area contributed by atoms with Crippen LogP contribution in [0.3, 0.4) is 0 Å². The molecule has 0 saturated heterocycles. The minimum absolute atomic E-state index is 0.107. The Morgan fingerprint density at radius 1 is 1.00 bits per heavy atom. The number of esters is 1. The van der Waals surface area contributed by atoms with Crippen molar-refractivity contribution in [1.82, 2.24) is 0 Å². The Balaban J connectivity index is 1.81. The molecule has 28 heavy (non-hydrogen) atoms. The van der Waals surface area contributed by atoms with Crippen LogP contribution in [-0.4, -0.2) is 23.3 Å². The van der Waals surface area contributed by atoms with Crippen molar-refractivity contribution >= 4 is 62.9 Å². The number of ether oxygens (including phenoxy) is 1. The summed E-state index contributed by atoms with van der Waals surface area (Å²) in [6.45, 7) is 4.03. The number of carbonyl (C=O) groups is 1. The van der Waals surface area contributed by atoms with Crippen LogP contribution < -0.4 is 4.74 Å². The van der Waals surface area contributed by atoms with Crippen LogP contribution in [-0.2, 0) is 10.2 Å². The summed E-state index contributed by atoms with van der Waals surface area (Å²) in [6.07, 6.45) is 0. The van der Waals surface area contributed by atoms with Gasteiger partial charge in [0, 0.05) is 16.7 Å². The summed E-state index contributed by atoms with van der Waals surface area (Å²) in [6, 6.07) is 15.2. The van der Waals surface area contributed by atoms with Crippen LogP contribution in [0.5, 0.6) is 5.75 Å². The quantitative estimate of drug-likeness (QED) is 0.265. The Morgan fingerprint density at radius 2 is 1.64 bits per heavy atom. The van der Waals surface area contributed by atoms with E-state index in [1.54, 1.807) is 0 Å². The lowest BCUT2D eigenvalue weighted by molar-refractivity contribution is -0.402. The normalized spacial score (nSPS) is 15.1. The predicted octanol–water partition coefficient (Wildman–Crippen LogP) is 6.41. The summed E-state index contributed by atoms with van der Waals surface area (Å²) in [7, 11) is 1.87. The molecule has 0 radical (unpaired) electrons. The van der Waals surface area contributed by atoms with Crippen LogP contribution in [0.2, 0.25) is 15.1 Å². The van der Waals surface area contributed by atoms with Crippen molar-refractivity contribution in [1.29, 1.82) is 0 Å². The number of halogens is 3. The van der Waals surface area contributed by atoms with Crippen LogP contribution in [0.4, 0.5) is 5.69 Å². The second-order valence-electron chi connectivity index (χ2n) is 7.30. The van der Waals surface area contributed by atoms with Gasteiger partial charge in [0.15, 0.2) is 5.75 Å². The lowest BCUT2D eigenvalue weighted by Gasteiger charge is -2.18. The molecule has 0 unspecified atom stereocenters. The van der Waals surface area contributed by atoms with E-state index in [1.807, 2.05) is 43.7 Å². The fourth-order valence-corrected chi connectivity index (χ4v) is 4.91. The first-order chi connectivity index (χ1) is 13.2. The van der Waals surface area contributed by atoms with Gasteiger partial charge in [-0.3, -0.25) is 0 Å². The first-order valence-corrected chi connectivity index (χ1v) is 9.85. The van der Waals surface area contributed by atoms with Crippen LogP contribution in [0, 0.1) is 0 Å². The molecule has 1 aliphatic heterocycles. The minimum Gasteiger partial charge on any atom is -0.416 e. The van der Waals surface area contributed by atoms with Crippen molar-refractivity contribution in [3.8, 4) is 5.75 Å². The maximum absolute atomic E-state index is 13.2. The van der Waals surface area contributed by atoms with E-state index < -0.39 is 11.4 Å². The van der Waals surface area contributed by atoms with E-state index in [2.05, 4.69) is 18.2 Å². The molecule has 0 aromatic heterocycles. The summed E-state index contributed by atoms with van der Waals surface area (Å²) < 4.78 is 7.50. The monoisotopic (exact) mass is 432 g/mol. The van der Waals surface area contributed by atoms with Gasteiger partial charge in [0.1, 0.15) is 7.05 Å². The molecule has 142 valence electrons. The molecule has 0 atom stereocenters. The molecule has 0 spiro atoms. The Hall–Kier alpha value is -2.07. The fourth-order valence-electron chi connectivity index (χ4n) is 4.01. The van der Waals surface area contributed by atoms with Crippen LogP contribution in [0.1, 0.15) is 19.4 Å². The third kappa shape index (κ3) is 2.89. The first kappa shape index (κ1) is 19.3. The third-order valence-corrected chi connectivity index (χ3v) is 5.95. The summed E-state index contributed by atoms with van der Waals surface area (Å²) in [4.78, 5) is 13.2. The van der Waals surface area contributed by atoms with Crippen molar-refractivity contribution in [3.63, 3.8) is 0 Å². The summed E-state index contributed by atoms with van der Waals surface area (Å²) in [5, 5.41) is 2.99. The van der Waals surface area contributed by atoms with E-state index in [4.69, 9.17) is 39.5 Å². The van der Waals surface area contributed by atoms with Crippen LogP contribution >= 0.6 is 34.8 Å².